The molecule has 1 unspecified atom stereocenters. The molecular formula is C21H24N2O4S. The van der Waals surface area contributed by atoms with E-state index in [0.29, 0.717) is 16.4 Å². The summed E-state index contributed by atoms with van der Waals surface area (Å²) in [5.74, 6) is 1.18. The molecule has 0 bridgehead atoms. The largest absolute Gasteiger partial charge is 0.497 e. The number of hydrogen-bond acceptors (Lipinski definition) is 5. The highest BCUT2D eigenvalue weighted by Crippen LogP contribution is 2.41. The highest BCUT2D eigenvalue weighted by molar-refractivity contribution is 7.80. The third-order valence-corrected chi connectivity index (χ3v) is 4.74. The first-order chi connectivity index (χ1) is 13.3. The Morgan fingerprint density at radius 1 is 1.21 bits per heavy atom. The lowest BCUT2D eigenvalue weighted by Gasteiger charge is -2.38. The third kappa shape index (κ3) is 4.54. The zero-order chi connectivity index (χ0) is 20.3. The molecule has 1 heterocycles. The van der Waals surface area contributed by atoms with E-state index in [2.05, 4.69) is 10.6 Å². The van der Waals surface area contributed by atoms with E-state index < -0.39 is 5.97 Å². The maximum absolute atomic E-state index is 11.7. The quantitative estimate of drug-likeness (QED) is 0.592. The van der Waals surface area contributed by atoms with Crippen molar-refractivity contribution in [1.29, 1.82) is 0 Å². The second-order valence-electron chi connectivity index (χ2n) is 7.19. The summed E-state index contributed by atoms with van der Waals surface area (Å²) in [5, 5.41) is 6.95. The van der Waals surface area contributed by atoms with Crippen LogP contribution in [-0.4, -0.2) is 30.9 Å². The van der Waals surface area contributed by atoms with E-state index in [-0.39, 0.29) is 11.6 Å². The predicted octanol–water partition coefficient (Wildman–Crippen LogP) is 4.07. The van der Waals surface area contributed by atoms with Crippen LogP contribution in [0, 0.1) is 0 Å². The lowest BCUT2D eigenvalue weighted by molar-refractivity contribution is 0.0600. The fraction of sp³-hybridized carbons (Fsp3) is 0.333. The van der Waals surface area contributed by atoms with Crippen LogP contribution < -0.4 is 20.1 Å². The number of esters is 1. The summed E-state index contributed by atoms with van der Waals surface area (Å²) in [5.41, 5.74) is 1.82. The van der Waals surface area contributed by atoms with Gasteiger partial charge in [-0.15, -0.1) is 0 Å². The van der Waals surface area contributed by atoms with E-state index in [1.54, 1.807) is 25.3 Å². The van der Waals surface area contributed by atoms with E-state index in [0.717, 1.165) is 23.5 Å². The zero-order valence-corrected chi connectivity index (χ0v) is 17.2. The van der Waals surface area contributed by atoms with Crippen molar-refractivity contribution in [3.8, 4) is 11.5 Å². The maximum Gasteiger partial charge on any atom is 0.337 e. The summed E-state index contributed by atoms with van der Waals surface area (Å²) in [6.45, 7) is 4.09. The van der Waals surface area contributed by atoms with Crippen LogP contribution in [0.5, 0.6) is 11.5 Å². The van der Waals surface area contributed by atoms with E-state index >= 15 is 0 Å². The SMILES string of the molecule is COC(=O)c1cccc(NC(=S)NC2CC(C)(C)Oc3ccc(OC)cc32)c1. The van der Waals surface area contributed by atoms with Gasteiger partial charge in [0.2, 0.25) is 0 Å². The minimum absolute atomic E-state index is 0.0439. The Labute approximate surface area is 170 Å². The standard InChI is InChI=1S/C21H24N2O4S/c1-21(2)12-17(16-11-15(25-3)8-9-18(16)27-21)23-20(28)22-14-7-5-6-13(10-14)19(24)26-4/h5-11,17H,12H2,1-4H3,(H2,22,23,28). The molecule has 2 aromatic rings. The first-order valence-electron chi connectivity index (χ1n) is 8.94. The molecule has 0 aliphatic carbocycles. The molecule has 1 aliphatic heterocycles. The Hall–Kier alpha value is -2.80. The second kappa shape index (κ2) is 8.06. The van der Waals surface area contributed by atoms with Gasteiger partial charge in [0.25, 0.3) is 0 Å². The fourth-order valence-electron chi connectivity index (χ4n) is 3.26. The number of ether oxygens (including phenoxy) is 3. The molecule has 28 heavy (non-hydrogen) atoms. The molecule has 2 aromatic carbocycles. The Morgan fingerprint density at radius 2 is 2.00 bits per heavy atom. The van der Waals surface area contributed by atoms with Gasteiger partial charge in [-0.05, 0) is 62.5 Å². The number of rotatable bonds is 4. The summed E-state index contributed by atoms with van der Waals surface area (Å²) >= 11 is 5.51. The number of methoxy groups -OCH3 is 2. The van der Waals surface area contributed by atoms with Gasteiger partial charge in [0.15, 0.2) is 5.11 Å². The zero-order valence-electron chi connectivity index (χ0n) is 16.4. The van der Waals surface area contributed by atoms with Gasteiger partial charge in [-0.3, -0.25) is 0 Å². The van der Waals surface area contributed by atoms with E-state index in [1.165, 1.54) is 7.11 Å². The molecule has 0 radical (unpaired) electrons. The van der Waals surface area contributed by atoms with Crippen LogP contribution in [0.15, 0.2) is 42.5 Å². The fourth-order valence-corrected chi connectivity index (χ4v) is 3.52. The Bertz CT molecular complexity index is 898. The van der Waals surface area contributed by atoms with Crippen molar-refractivity contribution in [2.75, 3.05) is 19.5 Å². The summed E-state index contributed by atoms with van der Waals surface area (Å²) in [6.07, 6.45) is 0.733. The number of benzene rings is 2. The smallest absolute Gasteiger partial charge is 0.337 e. The van der Waals surface area contributed by atoms with Crippen molar-refractivity contribution in [3.05, 3.63) is 53.6 Å². The number of thiocarbonyl (C=S) groups is 1. The van der Waals surface area contributed by atoms with Crippen LogP contribution >= 0.6 is 12.2 Å². The summed E-state index contributed by atoms with van der Waals surface area (Å²) in [4.78, 5) is 11.7. The topological polar surface area (TPSA) is 68.8 Å². The van der Waals surface area contributed by atoms with Crippen molar-refractivity contribution >= 4 is 29.0 Å². The van der Waals surface area contributed by atoms with Crippen LogP contribution in [0.3, 0.4) is 0 Å². The van der Waals surface area contributed by atoms with Crippen molar-refractivity contribution < 1.29 is 19.0 Å². The normalized spacial score (nSPS) is 16.9. The molecule has 2 N–H and O–H groups in total. The average Bonchev–Trinajstić information content (AvgIpc) is 2.66. The number of nitrogens with one attached hydrogen (secondary N) is 2. The Kier molecular flexibility index (Phi) is 5.74. The summed E-state index contributed by atoms with van der Waals surface area (Å²) < 4.78 is 16.2. The molecule has 6 nitrogen and oxygen atoms in total. The van der Waals surface area contributed by atoms with E-state index in [9.17, 15) is 4.79 Å². The van der Waals surface area contributed by atoms with Crippen molar-refractivity contribution in [2.45, 2.75) is 31.9 Å². The van der Waals surface area contributed by atoms with Gasteiger partial charge < -0.3 is 24.8 Å². The van der Waals surface area contributed by atoms with Crippen LogP contribution in [0.2, 0.25) is 0 Å². The number of fused-ring (bicyclic) bond motifs is 1. The van der Waals surface area contributed by atoms with Gasteiger partial charge in [0.1, 0.15) is 17.1 Å². The van der Waals surface area contributed by atoms with E-state index in [4.69, 9.17) is 26.4 Å². The molecule has 1 atom stereocenters. The highest BCUT2D eigenvalue weighted by atomic mass is 32.1. The van der Waals surface area contributed by atoms with Crippen LogP contribution in [0.25, 0.3) is 0 Å². The molecule has 7 heteroatoms. The third-order valence-electron chi connectivity index (χ3n) is 4.52. The number of hydrogen-bond donors (Lipinski definition) is 2. The summed E-state index contributed by atoms with van der Waals surface area (Å²) in [7, 11) is 2.99. The molecule has 1 aliphatic rings. The van der Waals surface area contributed by atoms with Gasteiger partial charge in [-0.2, -0.15) is 0 Å². The minimum Gasteiger partial charge on any atom is -0.497 e. The molecule has 0 saturated carbocycles. The molecule has 3 rings (SSSR count). The highest BCUT2D eigenvalue weighted by Gasteiger charge is 2.34. The molecule has 0 spiro atoms. The lowest BCUT2D eigenvalue weighted by atomic mass is 9.89. The predicted molar refractivity (Wildman–Crippen MR) is 112 cm³/mol. The Balaban J connectivity index is 1.78. The van der Waals surface area contributed by atoms with Crippen molar-refractivity contribution in [3.63, 3.8) is 0 Å². The molecule has 0 fully saturated rings. The first kappa shape index (κ1) is 19.9. The van der Waals surface area contributed by atoms with Gasteiger partial charge in [-0.1, -0.05) is 6.07 Å². The molecular weight excluding hydrogens is 376 g/mol. The van der Waals surface area contributed by atoms with Crippen molar-refractivity contribution in [2.24, 2.45) is 0 Å². The maximum atomic E-state index is 11.7. The minimum atomic E-state index is -0.394. The molecule has 0 aromatic heterocycles. The number of anilines is 1. The number of carbonyl (C=O) groups excluding carboxylic acids is 1. The average molecular weight is 401 g/mol. The van der Waals surface area contributed by atoms with Gasteiger partial charge in [0, 0.05) is 17.7 Å². The number of carbonyl (C=O) groups is 1. The van der Waals surface area contributed by atoms with Gasteiger partial charge in [-0.25, -0.2) is 4.79 Å². The van der Waals surface area contributed by atoms with Gasteiger partial charge in [0.05, 0.1) is 25.8 Å². The van der Waals surface area contributed by atoms with Gasteiger partial charge >= 0.3 is 5.97 Å². The van der Waals surface area contributed by atoms with Crippen LogP contribution in [0.4, 0.5) is 5.69 Å². The van der Waals surface area contributed by atoms with Crippen LogP contribution in [0.1, 0.15) is 42.2 Å². The summed E-state index contributed by atoms with van der Waals surface area (Å²) in [6, 6.07) is 12.7. The lowest BCUT2D eigenvalue weighted by Crippen LogP contribution is -2.42. The Morgan fingerprint density at radius 3 is 2.71 bits per heavy atom. The molecule has 0 saturated heterocycles. The molecule has 148 valence electrons. The first-order valence-corrected chi connectivity index (χ1v) is 9.35. The van der Waals surface area contributed by atoms with E-state index in [1.807, 2.05) is 38.1 Å². The van der Waals surface area contributed by atoms with Crippen LogP contribution in [-0.2, 0) is 4.74 Å². The van der Waals surface area contributed by atoms with Crippen molar-refractivity contribution in [1.82, 2.24) is 5.32 Å². The monoisotopic (exact) mass is 400 g/mol. The second-order valence-corrected chi connectivity index (χ2v) is 7.60. The molecule has 0 amide bonds.